The molecule has 1 fully saturated rings. The number of ketones is 1. The lowest BCUT2D eigenvalue weighted by atomic mass is 9.94. The Morgan fingerprint density at radius 3 is 2.46 bits per heavy atom. The van der Waals surface area contributed by atoms with E-state index in [4.69, 9.17) is 4.74 Å². The second-order valence-corrected chi connectivity index (χ2v) is 8.31. The van der Waals surface area contributed by atoms with Gasteiger partial charge in [-0.1, -0.05) is 25.1 Å². The molecule has 4 aromatic rings. The summed E-state index contributed by atoms with van der Waals surface area (Å²) in [6.45, 7) is 2.57. The number of anilines is 1. The van der Waals surface area contributed by atoms with Crippen LogP contribution in [0, 0.1) is 5.82 Å². The van der Waals surface area contributed by atoms with Crippen LogP contribution in [-0.4, -0.2) is 28.4 Å². The first-order valence-electron chi connectivity index (χ1n) is 11.4. The highest BCUT2D eigenvalue weighted by atomic mass is 19.1. The lowest BCUT2D eigenvalue weighted by Gasteiger charge is -2.25. The summed E-state index contributed by atoms with van der Waals surface area (Å²) in [7, 11) is 0. The van der Waals surface area contributed by atoms with Gasteiger partial charge in [0.05, 0.1) is 18.2 Å². The van der Waals surface area contributed by atoms with E-state index in [-0.39, 0.29) is 11.3 Å². The fourth-order valence-corrected chi connectivity index (χ4v) is 4.40. The summed E-state index contributed by atoms with van der Waals surface area (Å²) in [5.74, 6) is -1.71. The van der Waals surface area contributed by atoms with Crippen molar-refractivity contribution < 1.29 is 23.8 Å². The maximum atomic E-state index is 13.6. The van der Waals surface area contributed by atoms with Gasteiger partial charge in [-0.15, -0.1) is 0 Å². The van der Waals surface area contributed by atoms with Gasteiger partial charge >= 0.3 is 0 Å². The van der Waals surface area contributed by atoms with Crippen molar-refractivity contribution in [2.24, 2.45) is 0 Å². The number of carbonyl (C=O) groups excluding carboxylic acids is 2. The van der Waals surface area contributed by atoms with Crippen LogP contribution in [0.4, 0.5) is 10.1 Å². The topological polar surface area (TPSA) is 82.6 Å². The average Bonchev–Trinajstić information content (AvgIpc) is 3.42. The lowest BCUT2D eigenvalue weighted by Crippen LogP contribution is -2.29. The summed E-state index contributed by atoms with van der Waals surface area (Å²) in [4.78, 5) is 31.0. The van der Waals surface area contributed by atoms with Crippen LogP contribution < -0.4 is 9.64 Å². The minimum Gasteiger partial charge on any atom is -0.507 e. The molecule has 1 atom stereocenters. The minimum atomic E-state index is -0.910. The third kappa shape index (κ3) is 3.95. The maximum absolute atomic E-state index is 13.6. The fraction of sp³-hybridized carbons (Fsp3) is 0.143. The van der Waals surface area contributed by atoms with E-state index in [0.717, 1.165) is 17.3 Å². The first kappa shape index (κ1) is 22.4. The van der Waals surface area contributed by atoms with Crippen LogP contribution in [0.15, 0.2) is 84.6 Å². The number of halogens is 1. The van der Waals surface area contributed by atoms with Gasteiger partial charge in [0.25, 0.3) is 11.7 Å². The number of aromatic amines is 1. The number of carbonyl (C=O) groups is 2. The van der Waals surface area contributed by atoms with E-state index in [1.54, 1.807) is 30.5 Å². The molecule has 0 saturated carbocycles. The van der Waals surface area contributed by atoms with Gasteiger partial charge in [-0.25, -0.2) is 4.39 Å². The Balaban J connectivity index is 1.68. The molecule has 35 heavy (non-hydrogen) atoms. The molecule has 0 spiro atoms. The zero-order chi connectivity index (χ0) is 24.5. The molecule has 2 N–H and O–H groups in total. The summed E-state index contributed by atoms with van der Waals surface area (Å²) in [5.41, 5.74) is 2.17. The van der Waals surface area contributed by atoms with Gasteiger partial charge in [-0.05, 0) is 61.0 Å². The predicted octanol–water partition coefficient (Wildman–Crippen LogP) is 5.72. The number of benzene rings is 3. The van der Waals surface area contributed by atoms with E-state index < -0.39 is 23.5 Å². The Kier molecular flexibility index (Phi) is 5.82. The molecule has 2 heterocycles. The third-order valence-corrected chi connectivity index (χ3v) is 6.07. The number of para-hydroxylation sites is 1. The Bertz CT molecular complexity index is 1440. The second kappa shape index (κ2) is 9.10. The monoisotopic (exact) mass is 470 g/mol. The van der Waals surface area contributed by atoms with Crippen LogP contribution in [0.1, 0.15) is 30.5 Å². The summed E-state index contributed by atoms with van der Waals surface area (Å²) in [5, 5.41) is 12.1. The van der Waals surface area contributed by atoms with Gasteiger partial charge in [0.15, 0.2) is 0 Å². The van der Waals surface area contributed by atoms with Crippen LogP contribution in [0.3, 0.4) is 0 Å². The summed E-state index contributed by atoms with van der Waals surface area (Å²) in [6, 6.07) is 18.7. The van der Waals surface area contributed by atoms with Gasteiger partial charge in [0.2, 0.25) is 0 Å². The quantitative estimate of drug-likeness (QED) is 0.214. The molecular weight excluding hydrogens is 447 g/mol. The second-order valence-electron chi connectivity index (χ2n) is 8.31. The molecule has 176 valence electrons. The number of rotatable bonds is 6. The highest BCUT2D eigenvalue weighted by Crippen LogP contribution is 2.44. The van der Waals surface area contributed by atoms with Crippen molar-refractivity contribution in [1.29, 1.82) is 0 Å². The van der Waals surface area contributed by atoms with E-state index in [1.807, 2.05) is 31.2 Å². The Morgan fingerprint density at radius 1 is 1.03 bits per heavy atom. The summed E-state index contributed by atoms with van der Waals surface area (Å²) in [6.07, 6.45) is 2.59. The molecular formula is C28H23FN2O4. The number of amides is 1. The number of hydrogen-bond acceptors (Lipinski definition) is 4. The number of ether oxygens (including phenoxy) is 1. The van der Waals surface area contributed by atoms with E-state index >= 15 is 0 Å². The number of fused-ring (bicyclic) bond motifs is 1. The molecule has 1 aliphatic heterocycles. The van der Waals surface area contributed by atoms with Crippen molar-refractivity contribution in [1.82, 2.24) is 4.98 Å². The number of nitrogens with zero attached hydrogens (tertiary/aromatic N) is 1. The van der Waals surface area contributed by atoms with Crippen molar-refractivity contribution in [3.8, 4) is 5.75 Å². The minimum absolute atomic E-state index is 0.0358. The van der Waals surface area contributed by atoms with E-state index in [1.165, 1.54) is 29.2 Å². The normalized spacial score (nSPS) is 17.3. The molecule has 0 radical (unpaired) electrons. The predicted molar refractivity (Wildman–Crippen MR) is 132 cm³/mol. The number of aliphatic hydroxyl groups is 1. The molecule has 1 aromatic heterocycles. The van der Waals surface area contributed by atoms with Crippen LogP contribution >= 0.6 is 0 Å². The number of aliphatic hydroxyl groups excluding tert-OH is 1. The van der Waals surface area contributed by atoms with Crippen LogP contribution in [0.2, 0.25) is 0 Å². The molecule has 0 bridgehead atoms. The maximum Gasteiger partial charge on any atom is 0.300 e. The number of aromatic nitrogens is 1. The highest BCUT2D eigenvalue weighted by molar-refractivity contribution is 6.51. The van der Waals surface area contributed by atoms with Crippen LogP contribution in [-0.2, 0) is 9.59 Å². The highest BCUT2D eigenvalue weighted by Gasteiger charge is 2.47. The molecule has 3 aromatic carbocycles. The van der Waals surface area contributed by atoms with Gasteiger partial charge in [0, 0.05) is 33.9 Å². The standard InChI is InChI=1S/C28H23FN2O4/c1-2-15-35-20-13-7-17(8-14-20)26(32)24-25(22-16-30-23-6-4-3-5-21(22)23)31(28(34)27(24)33)19-11-9-18(29)10-12-19/h3-14,16,25,30,32H,2,15H2,1H3/b26-24+. The largest absolute Gasteiger partial charge is 0.507 e. The van der Waals surface area contributed by atoms with Gasteiger partial charge in [0.1, 0.15) is 17.3 Å². The first-order valence-corrected chi connectivity index (χ1v) is 11.4. The molecule has 1 aliphatic rings. The molecule has 7 heteroatoms. The number of nitrogens with one attached hydrogen (secondary N) is 1. The molecule has 1 saturated heterocycles. The van der Waals surface area contributed by atoms with E-state index in [9.17, 15) is 19.1 Å². The molecule has 5 rings (SSSR count). The molecule has 1 unspecified atom stereocenters. The number of Topliss-reactive ketones (excluding diaryl/α,β-unsaturated/α-hetero) is 1. The van der Waals surface area contributed by atoms with Gasteiger partial charge in [-0.2, -0.15) is 0 Å². The van der Waals surface area contributed by atoms with Crippen molar-refractivity contribution in [2.75, 3.05) is 11.5 Å². The van der Waals surface area contributed by atoms with Gasteiger partial charge in [-0.3, -0.25) is 14.5 Å². The zero-order valence-electron chi connectivity index (χ0n) is 19.0. The summed E-state index contributed by atoms with van der Waals surface area (Å²) < 4.78 is 19.2. The molecule has 1 amide bonds. The van der Waals surface area contributed by atoms with Crippen LogP contribution in [0.5, 0.6) is 5.75 Å². The van der Waals surface area contributed by atoms with Crippen molar-refractivity contribution in [2.45, 2.75) is 19.4 Å². The summed E-state index contributed by atoms with van der Waals surface area (Å²) >= 11 is 0. The van der Waals surface area contributed by atoms with E-state index in [0.29, 0.717) is 29.2 Å². The van der Waals surface area contributed by atoms with Crippen molar-refractivity contribution in [3.63, 3.8) is 0 Å². The SMILES string of the molecule is CCCOc1ccc(/C(O)=C2\C(=O)C(=O)N(c3ccc(F)cc3)C2c2c[nH]c3ccccc23)cc1. The van der Waals surface area contributed by atoms with Crippen molar-refractivity contribution in [3.05, 3.63) is 102 Å². The van der Waals surface area contributed by atoms with E-state index in [2.05, 4.69) is 4.98 Å². The Labute approximate surface area is 201 Å². The fourth-order valence-electron chi connectivity index (χ4n) is 4.40. The molecule has 6 nitrogen and oxygen atoms in total. The average molecular weight is 471 g/mol. The lowest BCUT2D eigenvalue weighted by molar-refractivity contribution is -0.132. The number of H-pyrrole nitrogens is 1. The first-order chi connectivity index (χ1) is 17.0. The number of hydrogen-bond donors (Lipinski definition) is 2. The Morgan fingerprint density at radius 2 is 1.74 bits per heavy atom. The Hall–Kier alpha value is -4.39. The van der Waals surface area contributed by atoms with Crippen molar-refractivity contribution >= 4 is 34.0 Å². The van der Waals surface area contributed by atoms with Gasteiger partial charge < -0.3 is 14.8 Å². The van der Waals surface area contributed by atoms with Crippen LogP contribution in [0.25, 0.3) is 16.7 Å². The third-order valence-electron chi connectivity index (χ3n) is 6.07. The smallest absolute Gasteiger partial charge is 0.300 e. The zero-order valence-corrected chi connectivity index (χ0v) is 19.0. The molecule has 0 aliphatic carbocycles.